The van der Waals surface area contributed by atoms with Gasteiger partial charge in [-0.1, -0.05) is 42.5 Å². The van der Waals surface area contributed by atoms with E-state index in [2.05, 4.69) is 76.0 Å². The van der Waals surface area contributed by atoms with Crippen molar-refractivity contribution < 1.29 is 0 Å². The number of rotatable bonds is 5. The van der Waals surface area contributed by atoms with Gasteiger partial charge >= 0.3 is 0 Å². The van der Waals surface area contributed by atoms with Crippen molar-refractivity contribution in [2.24, 2.45) is 4.99 Å². The third-order valence-electron chi connectivity index (χ3n) is 4.72. The number of nitrogens with one attached hydrogen (secondary N) is 2. The number of hydrogen-bond acceptors (Lipinski definition) is 2. The van der Waals surface area contributed by atoms with Crippen LogP contribution in [-0.4, -0.2) is 26.1 Å². The highest BCUT2D eigenvalue weighted by Crippen LogP contribution is 2.23. The molecule has 1 fully saturated rings. The van der Waals surface area contributed by atoms with Crippen molar-refractivity contribution in [2.45, 2.75) is 32.4 Å². The molecule has 0 aromatic heterocycles. The molecule has 0 bridgehead atoms. The van der Waals surface area contributed by atoms with Crippen molar-refractivity contribution in [1.82, 2.24) is 10.6 Å². The van der Waals surface area contributed by atoms with Crippen LogP contribution in [0.3, 0.4) is 0 Å². The number of benzene rings is 2. The molecular formula is C21H28N4. The van der Waals surface area contributed by atoms with E-state index < -0.39 is 0 Å². The van der Waals surface area contributed by atoms with Gasteiger partial charge in [-0.15, -0.1) is 0 Å². The normalized spacial score (nSPS) is 15.9. The number of aliphatic imine (C=N–C) groups is 1. The van der Waals surface area contributed by atoms with Gasteiger partial charge < -0.3 is 15.5 Å². The standard InChI is InChI=1S/C21H28N4/c1-17(19-11-8-12-20(15-19)25-13-6-7-14-25)24-21(22-2)23-16-18-9-4-3-5-10-18/h3-5,8-12,15,17H,6-7,13-14,16H2,1-2H3,(H2,22,23,24). The van der Waals surface area contributed by atoms with E-state index in [1.807, 2.05) is 13.1 Å². The van der Waals surface area contributed by atoms with Gasteiger partial charge in [0, 0.05) is 32.4 Å². The zero-order chi connectivity index (χ0) is 17.5. The fourth-order valence-corrected chi connectivity index (χ4v) is 3.23. The predicted molar refractivity (Wildman–Crippen MR) is 106 cm³/mol. The highest BCUT2D eigenvalue weighted by Gasteiger charge is 2.14. The second-order valence-corrected chi connectivity index (χ2v) is 6.57. The van der Waals surface area contributed by atoms with Gasteiger partial charge in [-0.2, -0.15) is 0 Å². The maximum atomic E-state index is 4.35. The zero-order valence-electron chi connectivity index (χ0n) is 15.2. The molecule has 2 N–H and O–H groups in total. The third kappa shape index (κ3) is 4.75. The molecule has 1 unspecified atom stereocenters. The van der Waals surface area contributed by atoms with E-state index >= 15 is 0 Å². The van der Waals surface area contributed by atoms with Crippen LogP contribution in [0.4, 0.5) is 5.69 Å². The van der Waals surface area contributed by atoms with E-state index in [0.29, 0.717) is 0 Å². The summed E-state index contributed by atoms with van der Waals surface area (Å²) in [6.45, 7) is 5.29. The molecule has 25 heavy (non-hydrogen) atoms. The summed E-state index contributed by atoms with van der Waals surface area (Å²) < 4.78 is 0. The number of guanidine groups is 1. The van der Waals surface area contributed by atoms with Crippen LogP contribution in [0.15, 0.2) is 59.6 Å². The average molecular weight is 336 g/mol. The Balaban J connectivity index is 1.60. The van der Waals surface area contributed by atoms with Crippen molar-refractivity contribution in [3.8, 4) is 0 Å². The molecule has 1 atom stereocenters. The lowest BCUT2D eigenvalue weighted by Crippen LogP contribution is -2.38. The molecule has 132 valence electrons. The number of hydrogen-bond donors (Lipinski definition) is 2. The van der Waals surface area contributed by atoms with Gasteiger partial charge in [0.15, 0.2) is 5.96 Å². The van der Waals surface area contributed by atoms with Crippen molar-refractivity contribution in [3.05, 3.63) is 65.7 Å². The second kappa shape index (κ2) is 8.56. The molecule has 3 rings (SSSR count). The fraction of sp³-hybridized carbons (Fsp3) is 0.381. The Labute approximate surface area is 151 Å². The van der Waals surface area contributed by atoms with E-state index in [9.17, 15) is 0 Å². The Morgan fingerprint density at radius 2 is 1.84 bits per heavy atom. The maximum absolute atomic E-state index is 4.35. The molecule has 0 amide bonds. The first-order valence-electron chi connectivity index (χ1n) is 9.12. The van der Waals surface area contributed by atoms with Gasteiger partial charge in [0.1, 0.15) is 0 Å². The monoisotopic (exact) mass is 336 g/mol. The summed E-state index contributed by atoms with van der Waals surface area (Å²) in [5.74, 6) is 0.822. The van der Waals surface area contributed by atoms with Gasteiger partial charge in [-0.05, 0) is 43.0 Å². The zero-order valence-corrected chi connectivity index (χ0v) is 15.2. The first-order chi connectivity index (χ1) is 12.3. The smallest absolute Gasteiger partial charge is 0.191 e. The van der Waals surface area contributed by atoms with Crippen LogP contribution in [0, 0.1) is 0 Å². The van der Waals surface area contributed by atoms with Crippen molar-refractivity contribution in [3.63, 3.8) is 0 Å². The van der Waals surface area contributed by atoms with Gasteiger partial charge in [-0.3, -0.25) is 4.99 Å². The van der Waals surface area contributed by atoms with E-state index in [-0.39, 0.29) is 6.04 Å². The van der Waals surface area contributed by atoms with Crippen LogP contribution in [0.25, 0.3) is 0 Å². The molecule has 1 aliphatic heterocycles. The average Bonchev–Trinajstić information content (AvgIpc) is 3.20. The maximum Gasteiger partial charge on any atom is 0.191 e. The molecule has 2 aromatic carbocycles. The molecule has 1 heterocycles. The Morgan fingerprint density at radius 1 is 1.08 bits per heavy atom. The first-order valence-corrected chi connectivity index (χ1v) is 9.12. The lowest BCUT2D eigenvalue weighted by atomic mass is 10.1. The van der Waals surface area contributed by atoms with E-state index in [1.165, 1.54) is 42.7 Å². The lowest BCUT2D eigenvalue weighted by molar-refractivity contribution is 0.685. The highest BCUT2D eigenvalue weighted by molar-refractivity contribution is 5.80. The van der Waals surface area contributed by atoms with Crippen LogP contribution < -0.4 is 15.5 Å². The van der Waals surface area contributed by atoms with Crippen LogP contribution in [0.1, 0.15) is 36.9 Å². The Bertz CT molecular complexity index is 690. The van der Waals surface area contributed by atoms with Gasteiger partial charge in [0.05, 0.1) is 6.04 Å². The molecule has 0 aliphatic carbocycles. The lowest BCUT2D eigenvalue weighted by Gasteiger charge is -2.22. The Morgan fingerprint density at radius 3 is 2.56 bits per heavy atom. The fourth-order valence-electron chi connectivity index (χ4n) is 3.23. The topological polar surface area (TPSA) is 39.7 Å². The molecule has 1 aliphatic rings. The molecule has 4 heteroatoms. The van der Waals surface area contributed by atoms with E-state index in [4.69, 9.17) is 0 Å². The summed E-state index contributed by atoms with van der Waals surface area (Å²) in [5.41, 5.74) is 3.86. The summed E-state index contributed by atoms with van der Waals surface area (Å²) in [6, 6.07) is 19.4. The van der Waals surface area contributed by atoms with Crippen LogP contribution >= 0.6 is 0 Å². The molecule has 4 nitrogen and oxygen atoms in total. The van der Waals surface area contributed by atoms with Gasteiger partial charge in [-0.25, -0.2) is 0 Å². The largest absolute Gasteiger partial charge is 0.372 e. The Kier molecular flexibility index (Phi) is 5.94. The number of anilines is 1. The van der Waals surface area contributed by atoms with Crippen LogP contribution in [-0.2, 0) is 6.54 Å². The van der Waals surface area contributed by atoms with Crippen molar-refractivity contribution in [1.29, 1.82) is 0 Å². The summed E-state index contributed by atoms with van der Waals surface area (Å²) in [5, 5.41) is 6.88. The molecule has 0 spiro atoms. The van der Waals surface area contributed by atoms with Gasteiger partial charge in [0.2, 0.25) is 0 Å². The second-order valence-electron chi connectivity index (χ2n) is 6.57. The summed E-state index contributed by atoms with van der Waals surface area (Å²) in [4.78, 5) is 6.82. The highest BCUT2D eigenvalue weighted by atomic mass is 15.2. The SMILES string of the molecule is CN=C(NCc1ccccc1)NC(C)c1cccc(N2CCCC2)c1. The minimum absolute atomic E-state index is 0.199. The number of nitrogens with zero attached hydrogens (tertiary/aromatic N) is 2. The minimum atomic E-state index is 0.199. The van der Waals surface area contributed by atoms with Crippen molar-refractivity contribution >= 4 is 11.6 Å². The van der Waals surface area contributed by atoms with Crippen LogP contribution in [0.2, 0.25) is 0 Å². The molecular weight excluding hydrogens is 308 g/mol. The minimum Gasteiger partial charge on any atom is -0.372 e. The van der Waals surface area contributed by atoms with E-state index in [1.54, 1.807) is 0 Å². The quantitative estimate of drug-likeness (QED) is 0.646. The third-order valence-corrected chi connectivity index (χ3v) is 4.72. The molecule has 1 saturated heterocycles. The van der Waals surface area contributed by atoms with Crippen molar-refractivity contribution in [2.75, 3.05) is 25.0 Å². The molecule has 2 aromatic rings. The summed E-state index contributed by atoms with van der Waals surface area (Å²) in [7, 11) is 1.81. The van der Waals surface area contributed by atoms with Gasteiger partial charge in [0.25, 0.3) is 0 Å². The van der Waals surface area contributed by atoms with Crippen LogP contribution in [0.5, 0.6) is 0 Å². The van der Waals surface area contributed by atoms with E-state index in [0.717, 1.165) is 12.5 Å². The molecule has 0 radical (unpaired) electrons. The first kappa shape index (κ1) is 17.3. The summed E-state index contributed by atoms with van der Waals surface area (Å²) >= 11 is 0. The predicted octanol–water partition coefficient (Wildman–Crippen LogP) is 3.71. The Hall–Kier alpha value is -2.49. The molecule has 0 saturated carbocycles. The summed E-state index contributed by atoms with van der Waals surface area (Å²) in [6.07, 6.45) is 2.60.